The number of ether oxygens (including phenoxy) is 2. The Labute approximate surface area is 152 Å². The second kappa shape index (κ2) is 8.20. The van der Waals surface area contributed by atoms with Gasteiger partial charge in [0.25, 0.3) is 5.91 Å². The van der Waals surface area contributed by atoms with Crippen LogP contribution < -0.4 is 14.8 Å². The standard InChI is InChI=1S/C20H21N3O3/c1-25-17-7-8-18(19(11-17)26-2)20(24)22-12-15-3-5-16(6-4-15)13-23-10-9-21-14-23/h3-11,14H,12-13H2,1-2H3,(H,22,24). The van der Waals surface area contributed by atoms with Crippen LogP contribution in [0.5, 0.6) is 11.5 Å². The Morgan fingerprint density at radius 2 is 1.85 bits per heavy atom. The molecular weight excluding hydrogens is 330 g/mol. The van der Waals surface area contributed by atoms with Crippen molar-refractivity contribution in [1.29, 1.82) is 0 Å². The summed E-state index contributed by atoms with van der Waals surface area (Å²) < 4.78 is 12.4. The van der Waals surface area contributed by atoms with E-state index in [-0.39, 0.29) is 5.91 Å². The van der Waals surface area contributed by atoms with E-state index in [1.807, 2.05) is 22.9 Å². The number of benzene rings is 2. The Morgan fingerprint density at radius 3 is 2.50 bits per heavy atom. The lowest BCUT2D eigenvalue weighted by Crippen LogP contribution is -2.23. The molecule has 3 aromatic rings. The summed E-state index contributed by atoms with van der Waals surface area (Å²) in [6, 6.07) is 13.3. The Morgan fingerprint density at radius 1 is 1.08 bits per heavy atom. The van der Waals surface area contributed by atoms with Gasteiger partial charge in [0.2, 0.25) is 0 Å². The maximum absolute atomic E-state index is 12.4. The summed E-state index contributed by atoms with van der Waals surface area (Å²) >= 11 is 0. The van der Waals surface area contributed by atoms with Crippen molar-refractivity contribution in [2.75, 3.05) is 14.2 Å². The fourth-order valence-electron chi connectivity index (χ4n) is 2.62. The third kappa shape index (κ3) is 4.22. The Balaban J connectivity index is 1.61. The quantitative estimate of drug-likeness (QED) is 0.711. The molecule has 0 saturated carbocycles. The number of aromatic nitrogens is 2. The highest BCUT2D eigenvalue weighted by Crippen LogP contribution is 2.24. The number of carbonyl (C=O) groups is 1. The molecule has 1 N–H and O–H groups in total. The summed E-state index contributed by atoms with van der Waals surface area (Å²) in [5, 5.41) is 2.92. The minimum absolute atomic E-state index is 0.188. The van der Waals surface area contributed by atoms with E-state index < -0.39 is 0 Å². The monoisotopic (exact) mass is 351 g/mol. The normalized spacial score (nSPS) is 10.4. The SMILES string of the molecule is COc1ccc(C(=O)NCc2ccc(Cn3ccnc3)cc2)c(OC)c1. The Hall–Kier alpha value is -3.28. The number of hydrogen-bond acceptors (Lipinski definition) is 4. The molecule has 134 valence electrons. The Bertz CT molecular complexity index is 859. The summed E-state index contributed by atoms with van der Waals surface area (Å²) in [5.74, 6) is 0.941. The van der Waals surface area contributed by atoms with Crippen LogP contribution in [0.2, 0.25) is 0 Å². The van der Waals surface area contributed by atoms with Gasteiger partial charge in [0.15, 0.2) is 0 Å². The van der Waals surface area contributed by atoms with E-state index in [0.29, 0.717) is 23.6 Å². The van der Waals surface area contributed by atoms with Gasteiger partial charge < -0.3 is 19.4 Å². The molecule has 3 rings (SSSR count). The molecule has 0 fully saturated rings. The zero-order valence-electron chi connectivity index (χ0n) is 14.8. The zero-order valence-corrected chi connectivity index (χ0v) is 14.8. The van der Waals surface area contributed by atoms with Gasteiger partial charge in [0, 0.05) is 31.5 Å². The van der Waals surface area contributed by atoms with Gasteiger partial charge in [-0.3, -0.25) is 4.79 Å². The molecule has 0 spiro atoms. The molecular formula is C20H21N3O3. The van der Waals surface area contributed by atoms with Crippen molar-refractivity contribution in [1.82, 2.24) is 14.9 Å². The molecule has 26 heavy (non-hydrogen) atoms. The van der Waals surface area contributed by atoms with Gasteiger partial charge in [0.05, 0.1) is 26.1 Å². The molecule has 0 aliphatic carbocycles. The van der Waals surface area contributed by atoms with Gasteiger partial charge in [-0.05, 0) is 23.3 Å². The van der Waals surface area contributed by atoms with Crippen molar-refractivity contribution in [2.45, 2.75) is 13.1 Å². The smallest absolute Gasteiger partial charge is 0.255 e. The predicted octanol–water partition coefficient (Wildman–Crippen LogP) is 2.88. The van der Waals surface area contributed by atoms with Gasteiger partial charge in [-0.25, -0.2) is 4.98 Å². The molecule has 2 aromatic carbocycles. The highest BCUT2D eigenvalue weighted by Gasteiger charge is 2.13. The first-order valence-corrected chi connectivity index (χ1v) is 8.23. The molecule has 0 aliphatic rings. The molecule has 0 bridgehead atoms. The second-order valence-electron chi connectivity index (χ2n) is 5.80. The second-order valence-corrected chi connectivity index (χ2v) is 5.80. The zero-order chi connectivity index (χ0) is 18.4. The molecule has 0 radical (unpaired) electrons. The van der Waals surface area contributed by atoms with Crippen LogP contribution >= 0.6 is 0 Å². The summed E-state index contributed by atoms with van der Waals surface area (Å²) in [7, 11) is 3.11. The first-order chi connectivity index (χ1) is 12.7. The molecule has 0 unspecified atom stereocenters. The summed E-state index contributed by atoms with van der Waals surface area (Å²) in [6.45, 7) is 1.22. The van der Waals surface area contributed by atoms with E-state index in [1.54, 1.807) is 37.8 Å². The first kappa shape index (κ1) is 17.5. The van der Waals surface area contributed by atoms with Crippen LogP contribution in [0.3, 0.4) is 0 Å². The lowest BCUT2D eigenvalue weighted by molar-refractivity contribution is 0.0948. The van der Waals surface area contributed by atoms with Crippen LogP contribution in [0, 0.1) is 0 Å². The minimum atomic E-state index is -0.188. The van der Waals surface area contributed by atoms with Gasteiger partial charge in [0.1, 0.15) is 11.5 Å². The van der Waals surface area contributed by atoms with Crippen molar-refractivity contribution >= 4 is 5.91 Å². The lowest BCUT2D eigenvalue weighted by Gasteiger charge is -2.11. The minimum Gasteiger partial charge on any atom is -0.497 e. The van der Waals surface area contributed by atoms with Crippen LogP contribution in [-0.4, -0.2) is 29.7 Å². The number of hydrogen-bond donors (Lipinski definition) is 1. The van der Waals surface area contributed by atoms with Gasteiger partial charge in [-0.1, -0.05) is 24.3 Å². The fourth-order valence-corrected chi connectivity index (χ4v) is 2.62. The summed E-state index contributed by atoms with van der Waals surface area (Å²) in [5.41, 5.74) is 2.68. The molecule has 0 saturated heterocycles. The van der Waals surface area contributed by atoms with Crippen molar-refractivity contribution in [3.63, 3.8) is 0 Å². The molecule has 6 nitrogen and oxygen atoms in total. The van der Waals surface area contributed by atoms with Crippen LogP contribution in [0.4, 0.5) is 0 Å². The van der Waals surface area contributed by atoms with E-state index in [9.17, 15) is 4.79 Å². The van der Waals surface area contributed by atoms with E-state index in [4.69, 9.17) is 9.47 Å². The number of rotatable bonds is 7. The van der Waals surface area contributed by atoms with Crippen LogP contribution in [0.25, 0.3) is 0 Å². The number of imidazole rings is 1. The molecule has 1 aromatic heterocycles. The van der Waals surface area contributed by atoms with Crippen LogP contribution in [0.15, 0.2) is 61.2 Å². The lowest BCUT2D eigenvalue weighted by atomic mass is 10.1. The largest absolute Gasteiger partial charge is 0.497 e. The molecule has 0 atom stereocenters. The molecule has 1 amide bonds. The average molecular weight is 351 g/mol. The van der Waals surface area contributed by atoms with E-state index in [1.165, 1.54) is 12.7 Å². The number of nitrogens with zero attached hydrogens (tertiary/aromatic N) is 2. The maximum atomic E-state index is 12.4. The number of amides is 1. The van der Waals surface area contributed by atoms with Gasteiger partial charge >= 0.3 is 0 Å². The number of nitrogens with one attached hydrogen (secondary N) is 1. The molecule has 0 aliphatic heterocycles. The van der Waals surface area contributed by atoms with Crippen LogP contribution in [-0.2, 0) is 13.1 Å². The number of methoxy groups -OCH3 is 2. The average Bonchev–Trinajstić information content (AvgIpc) is 3.19. The van der Waals surface area contributed by atoms with E-state index in [2.05, 4.69) is 22.4 Å². The molecule has 6 heteroatoms. The fraction of sp³-hybridized carbons (Fsp3) is 0.200. The predicted molar refractivity (Wildman–Crippen MR) is 98.5 cm³/mol. The highest BCUT2D eigenvalue weighted by atomic mass is 16.5. The van der Waals surface area contributed by atoms with E-state index >= 15 is 0 Å². The van der Waals surface area contributed by atoms with Gasteiger partial charge in [-0.15, -0.1) is 0 Å². The maximum Gasteiger partial charge on any atom is 0.255 e. The van der Waals surface area contributed by atoms with Crippen molar-refractivity contribution in [3.8, 4) is 11.5 Å². The number of carbonyl (C=O) groups excluding carboxylic acids is 1. The van der Waals surface area contributed by atoms with Crippen molar-refractivity contribution < 1.29 is 14.3 Å². The Kier molecular flexibility index (Phi) is 5.53. The van der Waals surface area contributed by atoms with Gasteiger partial charge in [-0.2, -0.15) is 0 Å². The third-order valence-electron chi connectivity index (χ3n) is 4.05. The van der Waals surface area contributed by atoms with Crippen LogP contribution in [0.1, 0.15) is 21.5 Å². The molecule has 1 heterocycles. The van der Waals surface area contributed by atoms with Crippen molar-refractivity contribution in [3.05, 3.63) is 77.9 Å². The summed E-state index contributed by atoms with van der Waals surface area (Å²) in [6.07, 6.45) is 5.48. The topological polar surface area (TPSA) is 65.4 Å². The van der Waals surface area contributed by atoms with Crippen molar-refractivity contribution in [2.24, 2.45) is 0 Å². The summed E-state index contributed by atoms with van der Waals surface area (Å²) in [4.78, 5) is 16.5. The third-order valence-corrected chi connectivity index (χ3v) is 4.05. The first-order valence-electron chi connectivity index (χ1n) is 8.23. The highest BCUT2D eigenvalue weighted by molar-refractivity contribution is 5.97. The van der Waals surface area contributed by atoms with E-state index in [0.717, 1.165) is 12.1 Å².